The number of fused-ring (bicyclic) bond motifs is 8. The van der Waals surface area contributed by atoms with Gasteiger partial charge in [0.25, 0.3) is 0 Å². The number of carbonyl (C=O) groups is 2. The number of aromatic hydroxyl groups is 1. The van der Waals surface area contributed by atoms with Crippen molar-refractivity contribution < 1.29 is 47.9 Å². The van der Waals surface area contributed by atoms with Gasteiger partial charge in [-0.2, -0.15) is 0 Å². The average Bonchev–Trinajstić information content (AvgIpc) is 3.73. The second-order valence-corrected chi connectivity index (χ2v) is 16.5. The van der Waals surface area contributed by atoms with Crippen molar-refractivity contribution in [1.82, 2.24) is 15.1 Å². The van der Waals surface area contributed by atoms with E-state index < -0.39 is 46.6 Å². The van der Waals surface area contributed by atoms with Crippen molar-refractivity contribution in [2.24, 2.45) is 0 Å². The summed E-state index contributed by atoms with van der Waals surface area (Å²) < 4.78 is 37.2. The first-order chi connectivity index (χ1) is 26.0. The fourth-order valence-corrected chi connectivity index (χ4v) is 12.0. The number of furan rings is 1. The van der Waals surface area contributed by atoms with Gasteiger partial charge in [-0.1, -0.05) is 24.3 Å². The maximum Gasteiger partial charge on any atom is 0.335 e. The van der Waals surface area contributed by atoms with Crippen LogP contribution >= 0.6 is 11.8 Å². The van der Waals surface area contributed by atoms with Crippen LogP contribution in [0, 0.1) is 13.8 Å². The van der Waals surface area contributed by atoms with Crippen molar-refractivity contribution >= 4 is 34.7 Å². The number of carbonyl (C=O) groups excluding carboxylic acids is 2. The van der Waals surface area contributed by atoms with Crippen LogP contribution in [0.2, 0.25) is 0 Å². The van der Waals surface area contributed by atoms with Crippen LogP contribution in [0.5, 0.6) is 28.7 Å². The second-order valence-electron chi connectivity index (χ2n) is 15.3. The quantitative estimate of drug-likeness (QED) is 0.195. The summed E-state index contributed by atoms with van der Waals surface area (Å²) in [5.74, 6) is 1.41. The Morgan fingerprint density at radius 1 is 1.09 bits per heavy atom. The number of hydrogen-bond donors (Lipinski definition) is 3. The first-order valence-electron chi connectivity index (χ1n) is 18.3. The molecule has 12 rings (SSSR count). The molecule has 0 aliphatic carbocycles. The van der Waals surface area contributed by atoms with E-state index >= 15 is 0 Å². The minimum absolute atomic E-state index is 0.0273. The first-order valence-corrected chi connectivity index (χ1v) is 19.3. The number of likely N-dealkylation sites (N-methyl/N-ethyl adjacent to an activating group) is 1. The van der Waals surface area contributed by atoms with Crippen molar-refractivity contribution in [3.05, 3.63) is 75.0 Å². The van der Waals surface area contributed by atoms with Crippen molar-refractivity contribution in [3.63, 3.8) is 0 Å². The molecule has 0 amide bonds. The molecule has 3 aromatic carbocycles. The number of phenols is 1. The molecule has 4 bridgehead atoms. The molecule has 7 atom stereocenters. The molecule has 14 heteroatoms. The summed E-state index contributed by atoms with van der Waals surface area (Å²) in [7, 11) is 3.49. The molecule has 3 unspecified atom stereocenters. The van der Waals surface area contributed by atoms with E-state index in [9.17, 15) is 19.8 Å². The van der Waals surface area contributed by atoms with Crippen molar-refractivity contribution in [2.45, 2.75) is 68.3 Å². The molecule has 282 valence electrons. The van der Waals surface area contributed by atoms with E-state index in [0.717, 1.165) is 22.1 Å². The SMILES string of the molecule is COc1c(C)cc2c(c1O)[C@H]1[C@@H]3[C@@H]4SC[C@]5(NCCc6c5oc5ccccc65)C(=O)OCC(c5c6c(c(C)c(OC(C)=O)c54)OCO6)N3C(O)(C2)CN1C. The summed E-state index contributed by atoms with van der Waals surface area (Å²) in [4.78, 5) is 31.8. The summed E-state index contributed by atoms with van der Waals surface area (Å²) in [6, 6.07) is 7.99. The zero-order valence-electron chi connectivity index (χ0n) is 30.6. The zero-order valence-corrected chi connectivity index (χ0v) is 31.4. The molecule has 8 aliphatic heterocycles. The van der Waals surface area contributed by atoms with Crippen LogP contribution in [0.1, 0.15) is 69.0 Å². The van der Waals surface area contributed by atoms with Crippen LogP contribution in [-0.4, -0.2) is 90.1 Å². The van der Waals surface area contributed by atoms with Crippen LogP contribution < -0.4 is 24.3 Å². The van der Waals surface area contributed by atoms with Crippen molar-refractivity contribution in [3.8, 4) is 28.7 Å². The van der Waals surface area contributed by atoms with Gasteiger partial charge in [-0.05, 0) is 44.5 Å². The Balaban J connectivity index is 1.25. The summed E-state index contributed by atoms with van der Waals surface area (Å²) >= 11 is 1.50. The molecule has 1 aromatic heterocycles. The van der Waals surface area contributed by atoms with Crippen LogP contribution in [0.25, 0.3) is 11.0 Å². The van der Waals surface area contributed by atoms with Gasteiger partial charge in [0.2, 0.25) is 6.79 Å². The Morgan fingerprint density at radius 2 is 1.89 bits per heavy atom. The summed E-state index contributed by atoms with van der Waals surface area (Å²) in [5.41, 5.74) is 3.01. The maximum absolute atomic E-state index is 14.8. The van der Waals surface area contributed by atoms with E-state index in [1.54, 1.807) is 0 Å². The molecular formula is C40H41N3O10S. The molecule has 0 saturated carbocycles. The number of aliphatic hydroxyl groups is 1. The maximum atomic E-state index is 14.8. The van der Waals surface area contributed by atoms with Crippen LogP contribution in [0.15, 0.2) is 34.7 Å². The lowest BCUT2D eigenvalue weighted by atomic mass is 9.78. The number of aryl methyl sites for hydroxylation is 1. The van der Waals surface area contributed by atoms with E-state index in [1.165, 1.54) is 25.8 Å². The molecule has 13 nitrogen and oxygen atoms in total. The number of benzene rings is 3. The van der Waals surface area contributed by atoms with Gasteiger partial charge in [-0.25, -0.2) is 4.79 Å². The highest BCUT2D eigenvalue weighted by atomic mass is 32.2. The van der Waals surface area contributed by atoms with Gasteiger partial charge in [0, 0.05) is 71.4 Å². The van der Waals surface area contributed by atoms with Crippen molar-refractivity contribution in [2.75, 3.05) is 46.4 Å². The summed E-state index contributed by atoms with van der Waals surface area (Å²) in [6.45, 7) is 5.64. The lowest BCUT2D eigenvalue weighted by molar-refractivity contribution is -0.215. The second kappa shape index (κ2) is 11.8. The van der Waals surface area contributed by atoms with Crippen LogP contribution in [0.3, 0.4) is 0 Å². The Hall–Kier alpha value is -4.47. The van der Waals surface area contributed by atoms with E-state index in [2.05, 4.69) is 15.1 Å². The normalized spacial score (nSPS) is 30.6. The van der Waals surface area contributed by atoms with Gasteiger partial charge in [0.1, 0.15) is 29.4 Å². The van der Waals surface area contributed by atoms with E-state index in [-0.39, 0.29) is 37.9 Å². The van der Waals surface area contributed by atoms with Gasteiger partial charge < -0.3 is 38.3 Å². The summed E-state index contributed by atoms with van der Waals surface area (Å²) in [5, 5.41) is 29.1. The highest BCUT2D eigenvalue weighted by molar-refractivity contribution is 7.99. The summed E-state index contributed by atoms with van der Waals surface area (Å²) in [6.07, 6.45) is 0.860. The lowest BCUT2D eigenvalue weighted by Gasteiger charge is -2.60. The molecule has 3 N–H and O–H groups in total. The number of nitrogens with one attached hydrogen (secondary N) is 1. The minimum atomic E-state index is -1.49. The van der Waals surface area contributed by atoms with Crippen LogP contribution in [-0.2, 0) is 32.7 Å². The number of piperazine rings is 1. The number of ether oxygens (including phenoxy) is 5. The number of phenolic OH excluding ortho intramolecular Hbond substituents is 1. The molecule has 4 aromatic rings. The molecule has 8 aliphatic rings. The largest absolute Gasteiger partial charge is 0.504 e. The minimum Gasteiger partial charge on any atom is -0.504 e. The lowest BCUT2D eigenvalue weighted by Crippen LogP contribution is -2.70. The third-order valence-electron chi connectivity index (χ3n) is 12.3. The van der Waals surface area contributed by atoms with Gasteiger partial charge >= 0.3 is 11.9 Å². The Morgan fingerprint density at radius 3 is 2.69 bits per heavy atom. The number of para-hydroxylation sites is 1. The van der Waals surface area contributed by atoms with Gasteiger partial charge in [-0.3, -0.25) is 19.9 Å². The predicted molar refractivity (Wildman–Crippen MR) is 196 cm³/mol. The molecule has 2 saturated heterocycles. The fraction of sp³-hybridized carbons (Fsp3) is 0.450. The van der Waals surface area contributed by atoms with E-state index in [0.29, 0.717) is 69.6 Å². The topological polar surface area (TPSA) is 152 Å². The average molecular weight is 756 g/mol. The third kappa shape index (κ3) is 4.42. The molecule has 2 fully saturated rings. The van der Waals surface area contributed by atoms with Crippen LogP contribution in [0.4, 0.5) is 0 Å². The number of rotatable bonds is 2. The molecule has 9 heterocycles. The van der Waals surface area contributed by atoms with E-state index in [4.69, 9.17) is 28.1 Å². The monoisotopic (exact) mass is 755 g/mol. The smallest absolute Gasteiger partial charge is 0.335 e. The highest BCUT2D eigenvalue weighted by Gasteiger charge is 2.64. The standard InChI is InChI=1S/C40H41N3O10S/c1-18-12-21-13-39(47)15-42(4)29(26(21)31(45)32(18)48-5)30-36-28-27(35-34(50-17-51-35)19(2)33(28)52-20(3)44)24(43(30)39)14-49-38(46)40(16-54-36)37-23(10-11-41-40)22-8-6-7-9-25(22)53-37/h6-9,12,24,29-30,36,41,45,47H,10-11,13-17H2,1-5H3/t24?,29-,30+,36+,39?,40+/m0/s1. The Labute approximate surface area is 315 Å². The highest BCUT2D eigenvalue weighted by Crippen LogP contribution is 2.65. The molecule has 0 radical (unpaired) electrons. The fourth-order valence-electron chi connectivity index (χ4n) is 10.4. The third-order valence-corrected chi connectivity index (χ3v) is 13.8. The van der Waals surface area contributed by atoms with Gasteiger partial charge in [0.15, 0.2) is 28.5 Å². The number of nitrogens with zero attached hydrogens (tertiary/aromatic N) is 2. The first kappa shape index (κ1) is 34.1. The Kier molecular flexibility index (Phi) is 7.42. The van der Waals surface area contributed by atoms with Gasteiger partial charge in [-0.15, -0.1) is 11.8 Å². The molecule has 54 heavy (non-hydrogen) atoms. The molecular weight excluding hydrogens is 715 g/mol. The molecule has 1 spiro atoms. The number of hydrogen-bond acceptors (Lipinski definition) is 14. The van der Waals surface area contributed by atoms with E-state index in [1.807, 2.05) is 51.2 Å². The zero-order chi connectivity index (χ0) is 37.4. The number of esters is 2. The Bertz CT molecular complexity index is 2310. The van der Waals surface area contributed by atoms with Crippen molar-refractivity contribution in [1.29, 1.82) is 0 Å². The number of thioether (sulfide) groups is 1. The van der Waals surface area contributed by atoms with Gasteiger partial charge in [0.05, 0.1) is 24.4 Å². The number of methoxy groups -OCH3 is 1. The predicted octanol–water partition coefficient (Wildman–Crippen LogP) is 4.45.